The van der Waals surface area contributed by atoms with Gasteiger partial charge >= 0.3 is 165 Å². The first-order valence-electron chi connectivity index (χ1n) is 11.5. The van der Waals surface area contributed by atoms with Crippen LogP contribution in [0.4, 0.5) is 0 Å². The van der Waals surface area contributed by atoms with Gasteiger partial charge in [0.05, 0.1) is 0 Å². The molecule has 0 amide bonds. The molecule has 3 heteroatoms. The number of rotatable bonds is 18. The van der Waals surface area contributed by atoms with Gasteiger partial charge in [-0.05, 0) is 0 Å². The van der Waals surface area contributed by atoms with E-state index in [-0.39, 0.29) is 0 Å². The van der Waals surface area contributed by atoms with Crippen molar-refractivity contribution in [1.29, 1.82) is 0 Å². The van der Waals surface area contributed by atoms with Crippen LogP contribution in [0.1, 0.15) is 106 Å². The zero-order valence-electron chi connectivity index (χ0n) is 18.5. The standard InChI is InChI=1S/C10H22NO.3C4H9.Sn/c1-4-6-8-11(10(3)12)9-7-5-2;3*1-3-4-2;/h10H,4-9H2,1-3H3;3*1,3-4H2,2H3;/q-1;;;;+1. The second-order valence-electron chi connectivity index (χ2n) is 7.95. The molecule has 0 spiro atoms. The zero-order valence-corrected chi connectivity index (χ0v) is 21.4. The first-order valence-corrected chi connectivity index (χ1v) is 18.7. The van der Waals surface area contributed by atoms with Crippen LogP contribution in [0, 0.1) is 0 Å². The van der Waals surface area contributed by atoms with Gasteiger partial charge in [0.15, 0.2) is 0 Å². The Balaban J connectivity index is 5.07. The fourth-order valence-electron chi connectivity index (χ4n) is 3.68. The summed E-state index contributed by atoms with van der Waals surface area (Å²) in [4.78, 5) is 2.66. The molecule has 1 unspecified atom stereocenters. The van der Waals surface area contributed by atoms with Crippen molar-refractivity contribution in [1.82, 2.24) is 4.90 Å². The Hall–Kier alpha value is 0.719. The van der Waals surface area contributed by atoms with Crippen molar-refractivity contribution in [3.63, 3.8) is 0 Å². The van der Waals surface area contributed by atoms with Crippen LogP contribution in [0.5, 0.6) is 0 Å². The van der Waals surface area contributed by atoms with E-state index in [4.69, 9.17) is 3.07 Å². The summed E-state index contributed by atoms with van der Waals surface area (Å²) >= 11 is -2.48. The average molecular weight is 462 g/mol. The van der Waals surface area contributed by atoms with Crippen molar-refractivity contribution < 1.29 is 3.07 Å². The van der Waals surface area contributed by atoms with Crippen molar-refractivity contribution in [2.75, 3.05) is 13.1 Å². The van der Waals surface area contributed by atoms with E-state index in [0.29, 0.717) is 6.23 Å². The molecule has 0 rings (SSSR count). The average Bonchev–Trinajstić information content (AvgIpc) is 2.62. The molecule has 0 aromatic heterocycles. The molecule has 2 nitrogen and oxygen atoms in total. The third-order valence-corrected chi connectivity index (χ3v) is 18.7. The molecule has 1 atom stereocenters. The minimum atomic E-state index is -2.48. The molecule has 25 heavy (non-hydrogen) atoms. The number of hydrogen-bond acceptors (Lipinski definition) is 2. The van der Waals surface area contributed by atoms with Gasteiger partial charge in [0.25, 0.3) is 0 Å². The molecule has 152 valence electrons. The topological polar surface area (TPSA) is 12.5 Å². The van der Waals surface area contributed by atoms with Gasteiger partial charge in [-0.3, -0.25) is 0 Å². The Morgan fingerprint density at radius 3 is 1.32 bits per heavy atom. The summed E-state index contributed by atoms with van der Waals surface area (Å²) in [7, 11) is 0. The van der Waals surface area contributed by atoms with Crippen molar-refractivity contribution in [3.05, 3.63) is 0 Å². The van der Waals surface area contributed by atoms with Gasteiger partial charge < -0.3 is 0 Å². The summed E-state index contributed by atoms with van der Waals surface area (Å²) in [5.74, 6) is 0. The van der Waals surface area contributed by atoms with Crippen LogP contribution >= 0.6 is 0 Å². The Morgan fingerprint density at radius 2 is 1.00 bits per heavy atom. The van der Waals surface area contributed by atoms with Gasteiger partial charge in [-0.15, -0.1) is 0 Å². The van der Waals surface area contributed by atoms with E-state index in [1.54, 1.807) is 0 Å². The van der Waals surface area contributed by atoms with Crippen molar-refractivity contribution >= 4 is 18.8 Å². The molecule has 0 saturated heterocycles. The fourth-order valence-corrected chi connectivity index (χ4v) is 17.9. The third-order valence-electron chi connectivity index (χ3n) is 5.49. The second-order valence-corrected chi connectivity index (χ2v) is 19.7. The third kappa shape index (κ3) is 11.9. The van der Waals surface area contributed by atoms with Gasteiger partial charge in [0, 0.05) is 0 Å². The SMILES string of the molecule is CCCCN(CCCC)C(C)[O][Sn]([CH2]CCC)([CH2]CCC)[CH2]CCC. The molecular weight excluding hydrogens is 413 g/mol. The van der Waals surface area contributed by atoms with Crippen LogP contribution in [0.3, 0.4) is 0 Å². The Morgan fingerprint density at radius 1 is 0.640 bits per heavy atom. The van der Waals surface area contributed by atoms with Crippen LogP contribution in [0.2, 0.25) is 13.3 Å². The summed E-state index contributed by atoms with van der Waals surface area (Å²) < 4.78 is 11.5. The summed E-state index contributed by atoms with van der Waals surface area (Å²) in [6.07, 6.45) is 13.7. The zero-order chi connectivity index (χ0) is 19.0. The molecule has 0 N–H and O–H groups in total. The van der Waals surface area contributed by atoms with Gasteiger partial charge in [0.2, 0.25) is 0 Å². The Kier molecular flexibility index (Phi) is 17.3. The predicted octanol–water partition coefficient (Wildman–Crippen LogP) is 7.60. The molecule has 0 aromatic rings. The number of hydrogen-bond donors (Lipinski definition) is 0. The molecule has 0 radical (unpaired) electrons. The number of nitrogens with zero attached hydrogens (tertiary/aromatic N) is 1. The van der Waals surface area contributed by atoms with Gasteiger partial charge in [-0.2, -0.15) is 0 Å². The second kappa shape index (κ2) is 16.9. The molecule has 0 fully saturated rings. The summed E-state index contributed by atoms with van der Waals surface area (Å²) in [5.41, 5.74) is 0. The normalized spacial score (nSPS) is 13.6. The molecule has 0 heterocycles. The molecule has 0 aliphatic rings. The summed E-state index contributed by atoms with van der Waals surface area (Å²) in [6.45, 7) is 16.4. The van der Waals surface area contributed by atoms with Crippen molar-refractivity contribution in [2.24, 2.45) is 0 Å². The minimum absolute atomic E-state index is 0.347. The van der Waals surface area contributed by atoms with Crippen LogP contribution in [0.15, 0.2) is 0 Å². The van der Waals surface area contributed by atoms with Crippen LogP contribution in [-0.2, 0) is 3.07 Å². The monoisotopic (exact) mass is 463 g/mol. The van der Waals surface area contributed by atoms with E-state index < -0.39 is 18.8 Å². The van der Waals surface area contributed by atoms with Gasteiger partial charge in [0.1, 0.15) is 0 Å². The quantitative estimate of drug-likeness (QED) is 0.154. The fraction of sp³-hybridized carbons (Fsp3) is 1.00. The van der Waals surface area contributed by atoms with E-state index in [2.05, 4.69) is 46.4 Å². The molecule has 0 aromatic carbocycles. The number of unbranched alkanes of at least 4 members (excludes halogenated alkanes) is 5. The van der Waals surface area contributed by atoms with E-state index in [1.165, 1.54) is 90.6 Å². The van der Waals surface area contributed by atoms with Crippen molar-refractivity contribution in [3.8, 4) is 0 Å². The Bertz CT molecular complexity index is 255. The molecule has 0 saturated carbocycles. The molecule has 0 bridgehead atoms. The van der Waals surface area contributed by atoms with E-state index in [0.717, 1.165) is 0 Å². The molecule has 0 aliphatic carbocycles. The molecular formula is C22H49NOSn. The molecule has 0 aliphatic heterocycles. The van der Waals surface area contributed by atoms with Gasteiger partial charge in [-0.25, -0.2) is 0 Å². The van der Waals surface area contributed by atoms with Crippen LogP contribution in [0.25, 0.3) is 0 Å². The van der Waals surface area contributed by atoms with Crippen molar-refractivity contribution in [2.45, 2.75) is 125 Å². The van der Waals surface area contributed by atoms with E-state index in [9.17, 15) is 0 Å². The van der Waals surface area contributed by atoms with E-state index in [1.807, 2.05) is 0 Å². The predicted molar refractivity (Wildman–Crippen MR) is 117 cm³/mol. The summed E-state index contributed by atoms with van der Waals surface area (Å²) in [5, 5.41) is 0. The first kappa shape index (κ1) is 25.7. The maximum atomic E-state index is 7.14. The summed E-state index contributed by atoms with van der Waals surface area (Å²) in [6, 6.07) is 0. The first-order chi connectivity index (χ1) is 12.1. The maximum absolute atomic E-state index is 7.14. The van der Waals surface area contributed by atoms with E-state index >= 15 is 0 Å². The van der Waals surface area contributed by atoms with Crippen LogP contribution < -0.4 is 0 Å². The van der Waals surface area contributed by atoms with Crippen LogP contribution in [-0.4, -0.2) is 43.0 Å². The Labute approximate surface area is 164 Å². The van der Waals surface area contributed by atoms with Gasteiger partial charge in [-0.1, -0.05) is 0 Å².